The number of benzene rings is 2. The second-order valence-electron chi connectivity index (χ2n) is 5.63. The molecule has 0 radical (unpaired) electrons. The van der Waals surface area contributed by atoms with E-state index in [1.165, 1.54) is 0 Å². The van der Waals surface area contributed by atoms with Gasteiger partial charge in [-0.1, -0.05) is 35.9 Å². The van der Waals surface area contributed by atoms with Gasteiger partial charge in [0.25, 0.3) is 0 Å². The number of likely N-dealkylation sites (N-methyl/N-ethyl adjacent to an activating group) is 1. The van der Waals surface area contributed by atoms with Crippen LogP contribution in [0.3, 0.4) is 0 Å². The van der Waals surface area contributed by atoms with E-state index in [9.17, 15) is 4.79 Å². The van der Waals surface area contributed by atoms with Crippen LogP contribution in [-0.2, 0) is 4.79 Å². The van der Waals surface area contributed by atoms with Crippen LogP contribution in [0.2, 0.25) is 0 Å². The van der Waals surface area contributed by atoms with Gasteiger partial charge < -0.3 is 10.6 Å². The molecule has 0 bridgehead atoms. The molecule has 0 aliphatic carbocycles. The van der Waals surface area contributed by atoms with Crippen molar-refractivity contribution in [2.45, 2.75) is 26.8 Å². The molecule has 0 aromatic heterocycles. The van der Waals surface area contributed by atoms with Gasteiger partial charge in [0.05, 0.1) is 0 Å². The lowest BCUT2D eigenvalue weighted by Crippen LogP contribution is -2.35. The summed E-state index contributed by atoms with van der Waals surface area (Å²) < 4.78 is 0. The highest BCUT2D eigenvalue weighted by Crippen LogP contribution is 2.21. The average molecular weight is 282 g/mol. The first kappa shape index (κ1) is 15.3. The normalized spacial score (nSPS) is 12.0. The Morgan fingerprint density at radius 1 is 0.952 bits per heavy atom. The number of nitrogens with two attached hydrogens (primary N) is 1. The van der Waals surface area contributed by atoms with Gasteiger partial charge in [0.15, 0.2) is 0 Å². The van der Waals surface area contributed by atoms with E-state index in [1.54, 1.807) is 11.9 Å². The predicted molar refractivity (Wildman–Crippen MR) is 87.4 cm³/mol. The summed E-state index contributed by atoms with van der Waals surface area (Å²) in [5.74, 6) is -0.108. The van der Waals surface area contributed by atoms with Gasteiger partial charge in [0.1, 0.15) is 6.04 Å². The highest BCUT2D eigenvalue weighted by molar-refractivity contribution is 5.97. The molecule has 3 nitrogen and oxygen atoms in total. The van der Waals surface area contributed by atoms with Gasteiger partial charge in [-0.3, -0.25) is 4.79 Å². The van der Waals surface area contributed by atoms with Crippen molar-refractivity contribution in [2.24, 2.45) is 5.73 Å². The summed E-state index contributed by atoms with van der Waals surface area (Å²) in [6, 6.07) is 13.2. The Hall–Kier alpha value is -2.13. The topological polar surface area (TPSA) is 46.3 Å². The zero-order valence-corrected chi connectivity index (χ0v) is 13.1. The largest absolute Gasteiger partial charge is 0.316 e. The summed E-state index contributed by atoms with van der Waals surface area (Å²) in [5.41, 5.74) is 11.2. The lowest BCUT2D eigenvalue weighted by Gasteiger charge is -2.22. The number of anilines is 1. The van der Waals surface area contributed by atoms with E-state index in [2.05, 4.69) is 6.07 Å². The van der Waals surface area contributed by atoms with Crippen molar-refractivity contribution in [1.82, 2.24) is 0 Å². The van der Waals surface area contributed by atoms with E-state index >= 15 is 0 Å². The number of hydrogen-bond acceptors (Lipinski definition) is 2. The van der Waals surface area contributed by atoms with Crippen LogP contribution in [-0.4, -0.2) is 13.0 Å². The highest BCUT2D eigenvalue weighted by Gasteiger charge is 2.21. The maximum absolute atomic E-state index is 12.6. The fourth-order valence-electron chi connectivity index (χ4n) is 2.40. The van der Waals surface area contributed by atoms with Crippen molar-refractivity contribution < 1.29 is 4.79 Å². The Kier molecular flexibility index (Phi) is 4.43. The lowest BCUT2D eigenvalue weighted by atomic mass is 10.0. The molecule has 0 saturated heterocycles. The zero-order chi connectivity index (χ0) is 15.6. The van der Waals surface area contributed by atoms with Crippen molar-refractivity contribution in [3.05, 3.63) is 64.7 Å². The van der Waals surface area contributed by atoms with Crippen LogP contribution in [0.25, 0.3) is 0 Å². The van der Waals surface area contributed by atoms with Crippen molar-refractivity contribution in [1.29, 1.82) is 0 Å². The number of amides is 1. The van der Waals surface area contributed by atoms with E-state index in [1.807, 2.05) is 57.2 Å². The van der Waals surface area contributed by atoms with E-state index in [-0.39, 0.29) is 5.91 Å². The van der Waals surface area contributed by atoms with Crippen LogP contribution in [0.1, 0.15) is 28.3 Å². The second kappa shape index (κ2) is 6.10. The van der Waals surface area contributed by atoms with E-state index in [0.29, 0.717) is 0 Å². The van der Waals surface area contributed by atoms with Gasteiger partial charge in [0.2, 0.25) is 5.91 Å². The molecule has 2 rings (SSSR count). The van der Waals surface area contributed by atoms with Crippen LogP contribution in [0.5, 0.6) is 0 Å². The molecule has 2 aromatic rings. The number of carbonyl (C=O) groups excluding carboxylic acids is 1. The van der Waals surface area contributed by atoms with Gasteiger partial charge in [-0.05, 0) is 49.6 Å². The zero-order valence-electron chi connectivity index (χ0n) is 13.1. The van der Waals surface area contributed by atoms with Gasteiger partial charge in [-0.15, -0.1) is 0 Å². The smallest absolute Gasteiger partial charge is 0.248 e. The van der Waals surface area contributed by atoms with Gasteiger partial charge in [-0.2, -0.15) is 0 Å². The van der Waals surface area contributed by atoms with Crippen molar-refractivity contribution in [3.63, 3.8) is 0 Å². The third-order valence-electron chi connectivity index (χ3n) is 3.63. The van der Waals surface area contributed by atoms with Crippen LogP contribution in [0.15, 0.2) is 42.5 Å². The highest BCUT2D eigenvalue weighted by atomic mass is 16.2. The predicted octanol–water partition coefficient (Wildman–Crippen LogP) is 3.27. The molecule has 0 aliphatic heterocycles. The van der Waals surface area contributed by atoms with Gasteiger partial charge in [0, 0.05) is 12.7 Å². The van der Waals surface area contributed by atoms with Gasteiger partial charge in [-0.25, -0.2) is 0 Å². The van der Waals surface area contributed by atoms with Crippen LogP contribution in [0.4, 0.5) is 5.69 Å². The molecule has 1 atom stereocenters. The molecule has 1 unspecified atom stereocenters. The van der Waals surface area contributed by atoms with Crippen molar-refractivity contribution in [3.8, 4) is 0 Å². The first-order valence-corrected chi connectivity index (χ1v) is 7.06. The standard InChI is InChI=1S/C18H22N2O/c1-12-5-7-15(8-6-12)17(19)18(21)20(4)16-10-13(2)9-14(3)11-16/h5-11,17H,19H2,1-4H3. The summed E-state index contributed by atoms with van der Waals surface area (Å²) in [4.78, 5) is 14.2. The Morgan fingerprint density at radius 3 is 2.00 bits per heavy atom. The summed E-state index contributed by atoms with van der Waals surface area (Å²) >= 11 is 0. The average Bonchev–Trinajstić information content (AvgIpc) is 2.44. The molecule has 21 heavy (non-hydrogen) atoms. The molecule has 1 amide bonds. The second-order valence-corrected chi connectivity index (χ2v) is 5.63. The maximum atomic E-state index is 12.6. The van der Waals surface area contributed by atoms with Crippen LogP contribution < -0.4 is 10.6 Å². The third-order valence-corrected chi connectivity index (χ3v) is 3.63. The Bertz CT molecular complexity index is 627. The van der Waals surface area contributed by atoms with E-state index in [0.717, 1.165) is 27.9 Å². The van der Waals surface area contributed by atoms with E-state index in [4.69, 9.17) is 5.73 Å². The minimum absolute atomic E-state index is 0.108. The van der Waals surface area contributed by atoms with E-state index < -0.39 is 6.04 Å². The fraction of sp³-hybridized carbons (Fsp3) is 0.278. The molecule has 110 valence electrons. The molecule has 0 spiro atoms. The fourth-order valence-corrected chi connectivity index (χ4v) is 2.40. The summed E-state index contributed by atoms with van der Waals surface area (Å²) in [6.07, 6.45) is 0. The first-order valence-electron chi connectivity index (χ1n) is 7.06. The Labute approximate surface area is 126 Å². The molecule has 3 heteroatoms. The number of carbonyl (C=O) groups is 1. The molecular weight excluding hydrogens is 260 g/mol. The molecule has 2 N–H and O–H groups in total. The van der Waals surface area contributed by atoms with Crippen molar-refractivity contribution in [2.75, 3.05) is 11.9 Å². The minimum Gasteiger partial charge on any atom is -0.316 e. The number of nitrogens with zero attached hydrogens (tertiary/aromatic N) is 1. The molecule has 0 heterocycles. The third kappa shape index (κ3) is 3.50. The molecular formula is C18H22N2O. The number of rotatable bonds is 3. The molecule has 0 saturated carbocycles. The minimum atomic E-state index is -0.642. The number of aryl methyl sites for hydroxylation is 3. The monoisotopic (exact) mass is 282 g/mol. The SMILES string of the molecule is Cc1ccc(C(N)C(=O)N(C)c2cc(C)cc(C)c2)cc1. The Morgan fingerprint density at radius 2 is 1.48 bits per heavy atom. The summed E-state index contributed by atoms with van der Waals surface area (Å²) in [5, 5.41) is 0. The molecule has 0 fully saturated rings. The number of hydrogen-bond donors (Lipinski definition) is 1. The van der Waals surface area contributed by atoms with Crippen LogP contribution >= 0.6 is 0 Å². The quantitative estimate of drug-likeness (QED) is 0.939. The molecule has 2 aromatic carbocycles. The maximum Gasteiger partial charge on any atom is 0.248 e. The lowest BCUT2D eigenvalue weighted by molar-refractivity contribution is -0.119. The molecule has 0 aliphatic rings. The van der Waals surface area contributed by atoms with Gasteiger partial charge >= 0.3 is 0 Å². The van der Waals surface area contributed by atoms with Crippen molar-refractivity contribution >= 4 is 11.6 Å². The summed E-state index contributed by atoms with van der Waals surface area (Å²) in [6.45, 7) is 6.06. The first-order chi connectivity index (χ1) is 9.88. The summed E-state index contributed by atoms with van der Waals surface area (Å²) in [7, 11) is 1.77. The van der Waals surface area contributed by atoms with Crippen LogP contribution in [0, 0.1) is 20.8 Å². The Balaban J connectivity index is 2.23.